The molecule has 0 spiro atoms. The highest BCUT2D eigenvalue weighted by molar-refractivity contribution is 7.12. The molecule has 1 saturated carbocycles. The maximum Gasteiger partial charge on any atom is 0.325 e. The summed E-state index contributed by atoms with van der Waals surface area (Å²) in [6.07, 6.45) is 7.20. The van der Waals surface area contributed by atoms with Crippen molar-refractivity contribution in [3.8, 4) is 0 Å². The molecule has 0 aromatic carbocycles. The first-order valence-corrected chi connectivity index (χ1v) is 7.95. The van der Waals surface area contributed by atoms with Gasteiger partial charge in [0.25, 0.3) is 0 Å². The third-order valence-corrected chi connectivity index (χ3v) is 4.88. The van der Waals surface area contributed by atoms with Gasteiger partial charge in [-0.25, -0.2) is 0 Å². The molecule has 1 unspecified atom stereocenters. The van der Waals surface area contributed by atoms with E-state index in [9.17, 15) is 9.90 Å². The molecule has 0 radical (unpaired) electrons. The average molecular weight is 281 g/mol. The zero-order valence-electron chi connectivity index (χ0n) is 11.7. The highest BCUT2D eigenvalue weighted by Crippen LogP contribution is 2.28. The van der Waals surface area contributed by atoms with Crippen molar-refractivity contribution >= 4 is 17.3 Å². The van der Waals surface area contributed by atoms with E-state index in [0.29, 0.717) is 6.04 Å². The minimum Gasteiger partial charge on any atom is -0.480 e. The van der Waals surface area contributed by atoms with Gasteiger partial charge in [-0.1, -0.05) is 25.7 Å². The molecule has 1 aromatic rings. The third kappa shape index (κ3) is 3.80. The lowest BCUT2D eigenvalue weighted by atomic mass is 10.0. The Balaban J connectivity index is 2.11. The average Bonchev–Trinajstić information content (AvgIpc) is 2.56. The molecule has 1 atom stereocenters. The van der Waals surface area contributed by atoms with Gasteiger partial charge in [0.1, 0.15) is 6.04 Å². The Morgan fingerprint density at radius 3 is 2.42 bits per heavy atom. The van der Waals surface area contributed by atoms with Crippen LogP contribution < -0.4 is 5.32 Å². The maximum absolute atomic E-state index is 11.6. The van der Waals surface area contributed by atoms with Crippen LogP contribution in [0.1, 0.15) is 59.9 Å². The highest BCUT2D eigenvalue weighted by Gasteiger charge is 2.26. The summed E-state index contributed by atoms with van der Waals surface area (Å²) in [6, 6.07) is 1.82. The summed E-state index contributed by atoms with van der Waals surface area (Å²) in [6.45, 7) is 4.05. The second-order valence-corrected chi connectivity index (χ2v) is 6.96. The molecule has 0 saturated heterocycles. The van der Waals surface area contributed by atoms with Crippen LogP contribution in [-0.4, -0.2) is 17.1 Å². The summed E-state index contributed by atoms with van der Waals surface area (Å²) in [5.74, 6) is -0.759. The van der Waals surface area contributed by atoms with Gasteiger partial charge in [0, 0.05) is 15.8 Å². The zero-order valence-corrected chi connectivity index (χ0v) is 12.6. The Labute approximate surface area is 119 Å². The Kier molecular flexibility index (Phi) is 4.99. The number of hydrogen-bond donors (Lipinski definition) is 2. The molecule has 106 valence electrons. The summed E-state index contributed by atoms with van der Waals surface area (Å²) in [4.78, 5) is 13.9. The van der Waals surface area contributed by atoms with Gasteiger partial charge in [0.05, 0.1) is 0 Å². The van der Waals surface area contributed by atoms with Gasteiger partial charge >= 0.3 is 5.97 Å². The first kappa shape index (κ1) is 14.5. The van der Waals surface area contributed by atoms with Crippen LogP contribution in [0.15, 0.2) is 6.07 Å². The number of hydrogen-bond acceptors (Lipinski definition) is 3. The van der Waals surface area contributed by atoms with Gasteiger partial charge in [0.2, 0.25) is 0 Å². The molecule has 1 aliphatic rings. The number of rotatable bonds is 4. The van der Waals surface area contributed by atoms with Crippen LogP contribution >= 0.6 is 11.3 Å². The predicted molar refractivity (Wildman–Crippen MR) is 78.8 cm³/mol. The van der Waals surface area contributed by atoms with Gasteiger partial charge in [-0.15, -0.1) is 11.3 Å². The van der Waals surface area contributed by atoms with E-state index in [1.807, 2.05) is 19.9 Å². The molecule has 1 aliphatic carbocycles. The van der Waals surface area contributed by atoms with Crippen LogP contribution in [-0.2, 0) is 4.79 Å². The lowest BCUT2D eigenvalue weighted by Crippen LogP contribution is -2.36. The van der Waals surface area contributed by atoms with Crippen LogP contribution in [0.5, 0.6) is 0 Å². The molecule has 1 fully saturated rings. The van der Waals surface area contributed by atoms with Gasteiger partial charge in [-0.05, 0) is 38.3 Å². The monoisotopic (exact) mass is 281 g/mol. The molecule has 2 N–H and O–H groups in total. The predicted octanol–water partition coefficient (Wildman–Crippen LogP) is 3.80. The van der Waals surface area contributed by atoms with Crippen molar-refractivity contribution in [2.75, 3.05) is 0 Å². The molecule has 0 aliphatic heterocycles. The van der Waals surface area contributed by atoms with E-state index in [-0.39, 0.29) is 0 Å². The van der Waals surface area contributed by atoms with Gasteiger partial charge < -0.3 is 5.11 Å². The quantitative estimate of drug-likeness (QED) is 0.825. The topological polar surface area (TPSA) is 49.3 Å². The second-order valence-electron chi connectivity index (χ2n) is 5.49. The Hall–Kier alpha value is -0.870. The Bertz CT molecular complexity index is 433. The molecule has 19 heavy (non-hydrogen) atoms. The van der Waals surface area contributed by atoms with Crippen LogP contribution in [0.4, 0.5) is 0 Å². The van der Waals surface area contributed by atoms with Gasteiger partial charge in [0.15, 0.2) is 0 Å². The molecule has 0 amide bonds. The second kappa shape index (κ2) is 6.53. The van der Waals surface area contributed by atoms with Crippen molar-refractivity contribution in [3.05, 3.63) is 21.4 Å². The molecule has 1 heterocycles. The molecule has 4 heteroatoms. The van der Waals surface area contributed by atoms with Crippen LogP contribution in [0.3, 0.4) is 0 Å². The number of carboxylic acid groups (broad SMARTS) is 1. The first-order chi connectivity index (χ1) is 9.08. The molecule has 0 bridgehead atoms. The minimum absolute atomic E-state index is 0.350. The number of aryl methyl sites for hydroxylation is 2. The highest BCUT2D eigenvalue weighted by atomic mass is 32.1. The van der Waals surface area contributed by atoms with Gasteiger partial charge in [-0.2, -0.15) is 0 Å². The summed E-state index contributed by atoms with van der Waals surface area (Å²) < 4.78 is 0. The van der Waals surface area contributed by atoms with E-state index < -0.39 is 12.0 Å². The van der Waals surface area contributed by atoms with E-state index in [1.54, 1.807) is 11.3 Å². The van der Waals surface area contributed by atoms with E-state index in [4.69, 9.17) is 0 Å². The standard InChI is InChI=1S/C15H23NO2S/c1-10-9-13(11(2)19-10)14(15(17)18)16-12-7-5-3-4-6-8-12/h9,12,14,16H,3-8H2,1-2H3,(H,17,18). The van der Waals surface area contributed by atoms with Gasteiger partial charge in [-0.3, -0.25) is 10.1 Å². The number of carbonyl (C=O) groups is 1. The molecule has 2 rings (SSSR count). The summed E-state index contributed by atoms with van der Waals surface area (Å²) in [7, 11) is 0. The third-order valence-electron chi connectivity index (χ3n) is 3.89. The Morgan fingerprint density at radius 1 is 1.32 bits per heavy atom. The van der Waals surface area contributed by atoms with E-state index in [0.717, 1.165) is 23.3 Å². The molecule has 1 aromatic heterocycles. The largest absolute Gasteiger partial charge is 0.480 e. The SMILES string of the molecule is Cc1cc(C(NC2CCCCCC2)C(=O)O)c(C)s1. The molecular formula is C15H23NO2S. The van der Waals surface area contributed by atoms with Crippen LogP contribution in [0.2, 0.25) is 0 Å². The first-order valence-electron chi connectivity index (χ1n) is 7.13. The normalized spacial score (nSPS) is 19.1. The number of carboxylic acids is 1. The van der Waals surface area contributed by atoms with Crippen LogP contribution in [0.25, 0.3) is 0 Å². The number of aliphatic carboxylic acids is 1. The lowest BCUT2D eigenvalue weighted by molar-refractivity contribution is -0.140. The fraction of sp³-hybridized carbons (Fsp3) is 0.667. The molecular weight excluding hydrogens is 258 g/mol. The lowest BCUT2D eigenvalue weighted by Gasteiger charge is -2.22. The minimum atomic E-state index is -0.759. The van der Waals surface area contributed by atoms with Crippen molar-refractivity contribution in [1.29, 1.82) is 0 Å². The fourth-order valence-electron chi connectivity index (χ4n) is 2.91. The maximum atomic E-state index is 11.6. The van der Waals surface area contributed by atoms with Crippen molar-refractivity contribution in [2.45, 2.75) is 64.5 Å². The summed E-state index contributed by atoms with van der Waals surface area (Å²) in [5, 5.41) is 12.9. The van der Waals surface area contributed by atoms with E-state index >= 15 is 0 Å². The summed E-state index contributed by atoms with van der Waals surface area (Å²) in [5.41, 5.74) is 0.944. The van der Waals surface area contributed by atoms with Crippen LogP contribution in [0, 0.1) is 13.8 Å². The number of thiophene rings is 1. The van der Waals surface area contributed by atoms with Crippen molar-refractivity contribution in [2.24, 2.45) is 0 Å². The number of nitrogens with one attached hydrogen (secondary N) is 1. The van der Waals surface area contributed by atoms with Crippen molar-refractivity contribution in [3.63, 3.8) is 0 Å². The summed E-state index contributed by atoms with van der Waals surface area (Å²) >= 11 is 1.68. The Morgan fingerprint density at radius 2 is 1.95 bits per heavy atom. The molecule has 3 nitrogen and oxygen atoms in total. The fourth-order valence-corrected chi connectivity index (χ4v) is 3.88. The zero-order chi connectivity index (χ0) is 13.8. The van der Waals surface area contributed by atoms with Crippen molar-refractivity contribution in [1.82, 2.24) is 5.32 Å². The van der Waals surface area contributed by atoms with E-state index in [1.165, 1.54) is 30.6 Å². The van der Waals surface area contributed by atoms with E-state index in [2.05, 4.69) is 5.32 Å². The van der Waals surface area contributed by atoms with Crippen molar-refractivity contribution < 1.29 is 9.90 Å². The smallest absolute Gasteiger partial charge is 0.325 e.